The lowest BCUT2D eigenvalue weighted by atomic mass is 10.2. The molecule has 0 saturated heterocycles. The van der Waals surface area contributed by atoms with Crippen molar-refractivity contribution in [1.82, 2.24) is 5.32 Å². The van der Waals surface area contributed by atoms with Crippen LogP contribution >= 0.6 is 11.6 Å². The lowest BCUT2D eigenvalue weighted by Gasteiger charge is -2.12. The Balaban J connectivity index is 2.56. The van der Waals surface area contributed by atoms with E-state index in [9.17, 15) is 0 Å². The zero-order valence-corrected chi connectivity index (χ0v) is 8.60. The first-order valence-corrected chi connectivity index (χ1v) is 4.66. The predicted molar refractivity (Wildman–Crippen MR) is 52.0 cm³/mol. The van der Waals surface area contributed by atoms with Crippen LogP contribution < -0.4 is 5.32 Å². The number of likely N-dealkylation sites (N-methyl/N-ethyl adjacent to an activating group) is 1. The molecule has 1 aromatic rings. The quantitative estimate of drug-likeness (QED) is 0.797. The molecular formula is C9H14ClNO2. The predicted octanol–water partition coefficient (Wildman–Crippen LogP) is 2.23. The van der Waals surface area contributed by atoms with E-state index < -0.39 is 0 Å². The molecule has 0 fully saturated rings. The minimum absolute atomic E-state index is 0.0763. The SMILES string of the molecule is CCOCC(NC)c1ccc(Cl)o1. The summed E-state index contributed by atoms with van der Waals surface area (Å²) in [4.78, 5) is 0. The van der Waals surface area contributed by atoms with Crippen molar-refractivity contribution in [2.24, 2.45) is 0 Å². The molecule has 1 rings (SSSR count). The third-order valence-electron chi connectivity index (χ3n) is 1.77. The van der Waals surface area contributed by atoms with Crippen LogP contribution in [0, 0.1) is 0 Å². The van der Waals surface area contributed by atoms with E-state index in [0.717, 1.165) is 5.76 Å². The van der Waals surface area contributed by atoms with Gasteiger partial charge in [-0.25, -0.2) is 0 Å². The molecule has 1 unspecified atom stereocenters. The summed E-state index contributed by atoms with van der Waals surface area (Å²) in [5.41, 5.74) is 0. The lowest BCUT2D eigenvalue weighted by Crippen LogP contribution is -2.21. The van der Waals surface area contributed by atoms with Crippen molar-refractivity contribution in [3.05, 3.63) is 23.1 Å². The zero-order valence-electron chi connectivity index (χ0n) is 7.84. The Bertz CT molecular complexity index is 250. The van der Waals surface area contributed by atoms with Crippen molar-refractivity contribution < 1.29 is 9.15 Å². The highest BCUT2D eigenvalue weighted by Gasteiger charge is 2.12. The van der Waals surface area contributed by atoms with Gasteiger partial charge >= 0.3 is 0 Å². The van der Waals surface area contributed by atoms with Crippen LogP contribution in [0.1, 0.15) is 18.7 Å². The molecule has 0 bridgehead atoms. The minimum Gasteiger partial charge on any atom is -0.448 e. The van der Waals surface area contributed by atoms with Gasteiger partial charge in [0.15, 0.2) is 5.22 Å². The van der Waals surface area contributed by atoms with Crippen LogP contribution in [0.15, 0.2) is 16.5 Å². The number of ether oxygens (including phenoxy) is 1. The molecule has 0 radical (unpaired) electrons. The molecule has 1 heterocycles. The van der Waals surface area contributed by atoms with E-state index in [1.807, 2.05) is 20.0 Å². The van der Waals surface area contributed by atoms with Crippen LogP contribution in [0.25, 0.3) is 0 Å². The molecule has 0 aliphatic carbocycles. The summed E-state index contributed by atoms with van der Waals surface area (Å²) in [6.07, 6.45) is 0. The molecular weight excluding hydrogens is 190 g/mol. The molecule has 0 saturated carbocycles. The average Bonchev–Trinajstić information content (AvgIpc) is 2.54. The van der Waals surface area contributed by atoms with Gasteiger partial charge in [-0.2, -0.15) is 0 Å². The Morgan fingerprint density at radius 2 is 2.38 bits per heavy atom. The normalized spacial score (nSPS) is 13.2. The van der Waals surface area contributed by atoms with E-state index in [1.165, 1.54) is 0 Å². The van der Waals surface area contributed by atoms with E-state index in [1.54, 1.807) is 6.07 Å². The summed E-state index contributed by atoms with van der Waals surface area (Å²) >= 11 is 5.66. The maximum atomic E-state index is 5.66. The summed E-state index contributed by atoms with van der Waals surface area (Å²) in [5.74, 6) is 0.806. The van der Waals surface area contributed by atoms with Gasteiger partial charge in [-0.05, 0) is 37.7 Å². The summed E-state index contributed by atoms with van der Waals surface area (Å²) in [6, 6.07) is 3.66. The Morgan fingerprint density at radius 1 is 1.62 bits per heavy atom. The molecule has 74 valence electrons. The molecule has 0 aliphatic heterocycles. The highest BCUT2D eigenvalue weighted by Crippen LogP contribution is 2.19. The van der Waals surface area contributed by atoms with Crippen molar-refractivity contribution in [2.75, 3.05) is 20.3 Å². The number of nitrogens with one attached hydrogen (secondary N) is 1. The first kappa shape index (κ1) is 10.6. The molecule has 0 aromatic carbocycles. The number of halogens is 1. The van der Waals surface area contributed by atoms with Crippen molar-refractivity contribution in [2.45, 2.75) is 13.0 Å². The fourth-order valence-corrected chi connectivity index (χ4v) is 1.21. The van der Waals surface area contributed by atoms with Crippen molar-refractivity contribution >= 4 is 11.6 Å². The fraction of sp³-hybridized carbons (Fsp3) is 0.556. The largest absolute Gasteiger partial charge is 0.448 e. The van der Waals surface area contributed by atoms with Crippen LogP contribution in [-0.2, 0) is 4.74 Å². The number of hydrogen-bond donors (Lipinski definition) is 1. The van der Waals surface area contributed by atoms with Gasteiger partial charge in [-0.15, -0.1) is 0 Å². The maximum absolute atomic E-state index is 5.66. The van der Waals surface area contributed by atoms with E-state index in [-0.39, 0.29) is 6.04 Å². The molecule has 4 heteroatoms. The Morgan fingerprint density at radius 3 is 2.85 bits per heavy atom. The van der Waals surface area contributed by atoms with Crippen molar-refractivity contribution in [3.8, 4) is 0 Å². The maximum Gasteiger partial charge on any atom is 0.193 e. The Hall–Kier alpha value is -0.510. The standard InChI is InChI=1S/C9H14ClNO2/c1-3-12-6-7(11-2)8-4-5-9(10)13-8/h4-5,7,11H,3,6H2,1-2H3. The summed E-state index contributed by atoms with van der Waals surface area (Å²) in [5, 5.41) is 3.50. The molecule has 0 spiro atoms. The third-order valence-corrected chi connectivity index (χ3v) is 1.98. The number of furan rings is 1. The first-order chi connectivity index (χ1) is 6.27. The fourth-order valence-electron chi connectivity index (χ4n) is 1.06. The molecule has 1 atom stereocenters. The number of hydrogen-bond acceptors (Lipinski definition) is 3. The van der Waals surface area contributed by atoms with E-state index in [0.29, 0.717) is 18.4 Å². The summed E-state index contributed by atoms with van der Waals surface area (Å²) < 4.78 is 10.5. The van der Waals surface area contributed by atoms with Gasteiger partial charge in [0.25, 0.3) is 0 Å². The van der Waals surface area contributed by atoms with Crippen LogP contribution in [0.3, 0.4) is 0 Å². The van der Waals surface area contributed by atoms with E-state index in [4.69, 9.17) is 20.8 Å². The van der Waals surface area contributed by atoms with Gasteiger partial charge in [-0.3, -0.25) is 0 Å². The van der Waals surface area contributed by atoms with Gasteiger partial charge in [0, 0.05) is 6.61 Å². The smallest absolute Gasteiger partial charge is 0.193 e. The second kappa shape index (κ2) is 5.27. The van der Waals surface area contributed by atoms with Crippen LogP contribution in [0.5, 0.6) is 0 Å². The molecule has 3 nitrogen and oxygen atoms in total. The van der Waals surface area contributed by atoms with Gasteiger partial charge in [0.1, 0.15) is 5.76 Å². The van der Waals surface area contributed by atoms with Gasteiger partial charge in [0.2, 0.25) is 0 Å². The Labute approximate surface area is 83.0 Å². The third kappa shape index (κ3) is 3.03. The highest BCUT2D eigenvalue weighted by molar-refractivity contribution is 6.28. The number of rotatable bonds is 5. The van der Waals surface area contributed by atoms with Gasteiger partial charge in [0.05, 0.1) is 12.6 Å². The molecule has 0 amide bonds. The van der Waals surface area contributed by atoms with Crippen molar-refractivity contribution in [1.29, 1.82) is 0 Å². The lowest BCUT2D eigenvalue weighted by molar-refractivity contribution is 0.118. The molecule has 1 aromatic heterocycles. The minimum atomic E-state index is 0.0763. The van der Waals surface area contributed by atoms with Gasteiger partial charge in [-0.1, -0.05) is 0 Å². The second-order valence-corrected chi connectivity index (χ2v) is 3.02. The van der Waals surface area contributed by atoms with Crippen LogP contribution in [0.4, 0.5) is 0 Å². The molecule has 0 aliphatic rings. The summed E-state index contributed by atoms with van der Waals surface area (Å²) in [7, 11) is 1.86. The van der Waals surface area contributed by atoms with Crippen LogP contribution in [0.2, 0.25) is 5.22 Å². The van der Waals surface area contributed by atoms with E-state index in [2.05, 4.69) is 5.32 Å². The highest BCUT2D eigenvalue weighted by atomic mass is 35.5. The summed E-state index contributed by atoms with van der Waals surface area (Å²) in [6.45, 7) is 3.26. The van der Waals surface area contributed by atoms with Crippen molar-refractivity contribution in [3.63, 3.8) is 0 Å². The average molecular weight is 204 g/mol. The first-order valence-electron chi connectivity index (χ1n) is 4.28. The monoisotopic (exact) mass is 203 g/mol. The van der Waals surface area contributed by atoms with Gasteiger partial charge < -0.3 is 14.5 Å². The van der Waals surface area contributed by atoms with E-state index >= 15 is 0 Å². The zero-order chi connectivity index (χ0) is 9.68. The van der Waals surface area contributed by atoms with Crippen LogP contribution in [-0.4, -0.2) is 20.3 Å². The Kier molecular flexibility index (Phi) is 4.28. The topological polar surface area (TPSA) is 34.4 Å². The molecule has 13 heavy (non-hydrogen) atoms. The second-order valence-electron chi connectivity index (χ2n) is 2.64. The molecule has 1 N–H and O–H groups in total.